The second-order valence-corrected chi connectivity index (χ2v) is 6.63. The van der Waals surface area contributed by atoms with Gasteiger partial charge in [0.15, 0.2) is 5.96 Å². The second kappa shape index (κ2) is 8.12. The van der Waals surface area contributed by atoms with Gasteiger partial charge in [-0.3, -0.25) is 0 Å². The van der Waals surface area contributed by atoms with Gasteiger partial charge in [0.2, 0.25) is 5.89 Å². The van der Waals surface area contributed by atoms with E-state index >= 15 is 0 Å². The number of hydrogen-bond acceptors (Lipinski definition) is 4. The van der Waals surface area contributed by atoms with Gasteiger partial charge in [0.05, 0.1) is 6.54 Å². The summed E-state index contributed by atoms with van der Waals surface area (Å²) in [4.78, 5) is 13.2. The Morgan fingerprint density at radius 2 is 1.75 bits per heavy atom. The first-order valence-electron chi connectivity index (χ1n) is 9.24. The number of piperazine rings is 1. The van der Waals surface area contributed by atoms with Gasteiger partial charge in [-0.25, -0.2) is 14.4 Å². The van der Waals surface area contributed by atoms with Gasteiger partial charge in [-0.15, -0.1) is 0 Å². The molecule has 0 radical (unpaired) electrons. The van der Waals surface area contributed by atoms with E-state index in [0.29, 0.717) is 18.4 Å². The molecule has 1 aromatic heterocycles. The van der Waals surface area contributed by atoms with Crippen molar-refractivity contribution in [3.63, 3.8) is 0 Å². The van der Waals surface area contributed by atoms with E-state index < -0.39 is 0 Å². The standard InChI is InChI=1S/C21H22FN5O/c22-17-6-8-19(9-7-17)26-10-12-27(13-11-26)21(23)24-14-18-15-28-20(25-18)16-4-2-1-3-5-16/h1-9,15H,10-14H2,(H2,23,24). The molecule has 0 aliphatic carbocycles. The predicted octanol–water partition coefficient (Wildman–Crippen LogP) is 3.12. The van der Waals surface area contributed by atoms with Crippen molar-refractivity contribution < 1.29 is 8.81 Å². The number of anilines is 1. The first-order chi connectivity index (χ1) is 13.7. The van der Waals surface area contributed by atoms with Crippen LogP contribution in [0.3, 0.4) is 0 Å². The van der Waals surface area contributed by atoms with Crippen LogP contribution in [0.2, 0.25) is 0 Å². The van der Waals surface area contributed by atoms with Gasteiger partial charge < -0.3 is 20.0 Å². The molecule has 2 heterocycles. The Kier molecular flexibility index (Phi) is 5.23. The first kappa shape index (κ1) is 18.0. The van der Waals surface area contributed by atoms with Crippen molar-refractivity contribution in [3.05, 3.63) is 72.4 Å². The van der Waals surface area contributed by atoms with Crippen molar-refractivity contribution in [1.29, 1.82) is 0 Å². The summed E-state index contributed by atoms with van der Waals surface area (Å²) < 4.78 is 18.6. The van der Waals surface area contributed by atoms with Crippen molar-refractivity contribution in [3.8, 4) is 11.5 Å². The summed E-state index contributed by atoms with van der Waals surface area (Å²) in [5.41, 5.74) is 8.86. The largest absolute Gasteiger partial charge is 0.444 e. The zero-order chi connectivity index (χ0) is 19.3. The third-order valence-corrected chi connectivity index (χ3v) is 4.77. The van der Waals surface area contributed by atoms with Crippen LogP contribution < -0.4 is 10.6 Å². The molecule has 6 nitrogen and oxygen atoms in total. The van der Waals surface area contributed by atoms with E-state index in [2.05, 4.69) is 19.8 Å². The molecular weight excluding hydrogens is 357 g/mol. The van der Waals surface area contributed by atoms with Crippen LogP contribution in [0.15, 0.2) is 70.3 Å². The average molecular weight is 379 g/mol. The molecule has 1 aliphatic rings. The lowest BCUT2D eigenvalue weighted by atomic mass is 10.2. The third-order valence-electron chi connectivity index (χ3n) is 4.77. The van der Waals surface area contributed by atoms with E-state index in [1.54, 1.807) is 18.4 Å². The molecule has 3 aromatic rings. The zero-order valence-corrected chi connectivity index (χ0v) is 15.5. The number of hydrogen-bond donors (Lipinski definition) is 1. The molecular formula is C21H22FN5O. The lowest BCUT2D eigenvalue weighted by Gasteiger charge is -2.36. The number of benzene rings is 2. The lowest BCUT2D eigenvalue weighted by molar-refractivity contribution is 0.380. The number of aliphatic imine (C=N–C) groups is 1. The first-order valence-corrected chi connectivity index (χ1v) is 9.24. The molecule has 0 amide bonds. The Balaban J connectivity index is 1.33. The summed E-state index contributed by atoms with van der Waals surface area (Å²) in [5.74, 6) is 0.863. The van der Waals surface area contributed by atoms with Crippen LogP contribution in [0, 0.1) is 5.82 Å². The summed E-state index contributed by atoms with van der Waals surface area (Å²) in [5, 5.41) is 0. The Bertz CT molecular complexity index is 931. The highest BCUT2D eigenvalue weighted by Crippen LogP contribution is 2.19. The van der Waals surface area contributed by atoms with Gasteiger partial charge in [0.1, 0.15) is 17.8 Å². The molecule has 0 unspecified atom stereocenters. The van der Waals surface area contributed by atoms with Crippen molar-refractivity contribution in [2.24, 2.45) is 10.7 Å². The zero-order valence-electron chi connectivity index (χ0n) is 15.5. The van der Waals surface area contributed by atoms with Crippen LogP contribution in [-0.4, -0.2) is 42.0 Å². The number of halogens is 1. The molecule has 1 fully saturated rings. The summed E-state index contributed by atoms with van der Waals surface area (Å²) in [6, 6.07) is 16.3. The second-order valence-electron chi connectivity index (χ2n) is 6.63. The molecule has 0 saturated carbocycles. The van der Waals surface area contributed by atoms with Crippen molar-refractivity contribution >= 4 is 11.6 Å². The van der Waals surface area contributed by atoms with Gasteiger partial charge in [-0.05, 0) is 36.4 Å². The summed E-state index contributed by atoms with van der Waals surface area (Å²) in [6.45, 7) is 3.52. The van der Waals surface area contributed by atoms with Crippen molar-refractivity contribution in [1.82, 2.24) is 9.88 Å². The Labute approximate surface area is 163 Å². The fraction of sp³-hybridized carbons (Fsp3) is 0.238. The molecule has 1 saturated heterocycles. The SMILES string of the molecule is NC(=NCc1coc(-c2ccccc2)n1)N1CCN(c2ccc(F)cc2)CC1. The topological polar surface area (TPSA) is 70.9 Å². The van der Waals surface area contributed by atoms with E-state index in [-0.39, 0.29) is 5.82 Å². The van der Waals surface area contributed by atoms with Gasteiger partial charge in [-0.1, -0.05) is 18.2 Å². The molecule has 1 aliphatic heterocycles. The summed E-state index contributed by atoms with van der Waals surface area (Å²) >= 11 is 0. The van der Waals surface area contributed by atoms with Crippen LogP contribution in [0.25, 0.3) is 11.5 Å². The minimum atomic E-state index is -0.220. The van der Waals surface area contributed by atoms with Gasteiger partial charge in [0.25, 0.3) is 0 Å². The number of nitrogens with zero attached hydrogens (tertiary/aromatic N) is 4. The number of rotatable bonds is 4. The fourth-order valence-corrected chi connectivity index (χ4v) is 3.20. The molecule has 0 atom stereocenters. The molecule has 7 heteroatoms. The van der Waals surface area contributed by atoms with Crippen LogP contribution in [0.4, 0.5) is 10.1 Å². The van der Waals surface area contributed by atoms with Crippen LogP contribution in [0.5, 0.6) is 0 Å². The van der Waals surface area contributed by atoms with Crippen LogP contribution >= 0.6 is 0 Å². The minimum Gasteiger partial charge on any atom is -0.444 e. The summed E-state index contributed by atoms with van der Waals surface area (Å²) in [6.07, 6.45) is 1.62. The number of guanidine groups is 1. The summed E-state index contributed by atoms with van der Waals surface area (Å²) in [7, 11) is 0. The highest BCUT2D eigenvalue weighted by molar-refractivity contribution is 5.78. The lowest BCUT2D eigenvalue weighted by Crippen LogP contribution is -2.51. The number of oxazole rings is 1. The molecule has 2 aromatic carbocycles. The number of aromatic nitrogens is 1. The average Bonchev–Trinajstić information content (AvgIpc) is 3.22. The molecule has 4 rings (SSSR count). The van der Waals surface area contributed by atoms with E-state index in [1.165, 1.54) is 12.1 Å². The highest BCUT2D eigenvalue weighted by Gasteiger charge is 2.18. The van der Waals surface area contributed by atoms with Crippen molar-refractivity contribution in [2.75, 3.05) is 31.1 Å². The quantitative estimate of drug-likeness (QED) is 0.557. The van der Waals surface area contributed by atoms with E-state index in [9.17, 15) is 4.39 Å². The van der Waals surface area contributed by atoms with E-state index in [4.69, 9.17) is 10.2 Å². The predicted molar refractivity (Wildman–Crippen MR) is 107 cm³/mol. The van der Waals surface area contributed by atoms with E-state index in [0.717, 1.165) is 43.1 Å². The fourth-order valence-electron chi connectivity index (χ4n) is 3.20. The van der Waals surface area contributed by atoms with Gasteiger partial charge in [-0.2, -0.15) is 0 Å². The molecule has 0 bridgehead atoms. The molecule has 0 spiro atoms. The Morgan fingerprint density at radius 3 is 2.46 bits per heavy atom. The smallest absolute Gasteiger partial charge is 0.226 e. The monoisotopic (exact) mass is 379 g/mol. The maximum atomic E-state index is 13.1. The molecule has 28 heavy (non-hydrogen) atoms. The van der Waals surface area contributed by atoms with Crippen LogP contribution in [-0.2, 0) is 6.54 Å². The molecule has 2 N–H and O–H groups in total. The normalized spacial score (nSPS) is 15.1. The Morgan fingerprint density at radius 1 is 1.04 bits per heavy atom. The Hall–Kier alpha value is -3.35. The van der Waals surface area contributed by atoms with Crippen LogP contribution in [0.1, 0.15) is 5.69 Å². The highest BCUT2D eigenvalue weighted by atomic mass is 19.1. The van der Waals surface area contributed by atoms with Gasteiger partial charge in [0, 0.05) is 37.4 Å². The van der Waals surface area contributed by atoms with Gasteiger partial charge >= 0.3 is 0 Å². The maximum absolute atomic E-state index is 13.1. The third kappa shape index (κ3) is 4.14. The maximum Gasteiger partial charge on any atom is 0.226 e. The minimum absolute atomic E-state index is 0.220. The number of nitrogens with two attached hydrogens (primary N) is 1. The van der Waals surface area contributed by atoms with Crippen molar-refractivity contribution in [2.45, 2.75) is 6.54 Å². The molecule has 144 valence electrons. The van der Waals surface area contributed by atoms with E-state index in [1.807, 2.05) is 30.3 Å².